The summed E-state index contributed by atoms with van der Waals surface area (Å²) in [6.07, 6.45) is 0.231. The Balaban J connectivity index is 1.53. The van der Waals surface area contributed by atoms with E-state index in [2.05, 4.69) is 12.2 Å². The molecule has 4 heteroatoms. The maximum absolute atomic E-state index is 13.2. The van der Waals surface area contributed by atoms with Gasteiger partial charge in [-0.2, -0.15) is 0 Å². The van der Waals surface area contributed by atoms with Crippen molar-refractivity contribution in [1.29, 1.82) is 0 Å². The van der Waals surface area contributed by atoms with Crippen LogP contribution in [0.4, 0.5) is 5.69 Å². The fourth-order valence-electron chi connectivity index (χ4n) is 3.94. The number of hydrogen-bond donors (Lipinski definition) is 1. The van der Waals surface area contributed by atoms with Gasteiger partial charge in [0.1, 0.15) is 0 Å². The average Bonchev–Trinajstić information content (AvgIpc) is 3.17. The van der Waals surface area contributed by atoms with Gasteiger partial charge in [-0.15, -0.1) is 0 Å². The molecule has 0 aromatic heterocycles. The third-order valence-electron chi connectivity index (χ3n) is 5.85. The fourth-order valence-corrected chi connectivity index (χ4v) is 3.94. The van der Waals surface area contributed by atoms with Gasteiger partial charge in [-0.25, -0.2) is 0 Å². The molecule has 1 unspecified atom stereocenters. The number of nitrogens with zero attached hydrogens (tertiary/aromatic N) is 1. The van der Waals surface area contributed by atoms with Crippen LogP contribution in [0.25, 0.3) is 0 Å². The minimum atomic E-state index is -0.367. The highest BCUT2D eigenvalue weighted by Gasteiger charge is 2.36. The molecule has 0 aliphatic carbocycles. The molecule has 0 radical (unpaired) electrons. The van der Waals surface area contributed by atoms with E-state index in [1.165, 1.54) is 5.56 Å². The Hall–Kier alpha value is -3.40. The molecule has 0 spiro atoms. The van der Waals surface area contributed by atoms with Crippen molar-refractivity contribution in [2.75, 3.05) is 11.4 Å². The Morgan fingerprint density at radius 1 is 0.900 bits per heavy atom. The monoisotopic (exact) mass is 398 g/mol. The number of benzene rings is 3. The summed E-state index contributed by atoms with van der Waals surface area (Å²) < 4.78 is 0. The van der Waals surface area contributed by atoms with Crippen LogP contribution in [0.5, 0.6) is 0 Å². The van der Waals surface area contributed by atoms with Crippen LogP contribution in [-0.2, 0) is 9.59 Å². The van der Waals surface area contributed by atoms with E-state index in [9.17, 15) is 9.59 Å². The van der Waals surface area contributed by atoms with Crippen molar-refractivity contribution in [2.45, 2.75) is 26.3 Å². The van der Waals surface area contributed by atoms with E-state index in [0.717, 1.165) is 22.4 Å². The normalized spacial score (nSPS) is 16.2. The lowest BCUT2D eigenvalue weighted by molar-refractivity contribution is -0.126. The molecular weight excluding hydrogens is 372 g/mol. The molecule has 1 heterocycles. The Labute approximate surface area is 177 Å². The van der Waals surface area contributed by atoms with E-state index in [1.54, 1.807) is 4.90 Å². The molecule has 4 rings (SSSR count). The minimum absolute atomic E-state index is 0.00521. The second-order valence-corrected chi connectivity index (χ2v) is 7.94. The van der Waals surface area contributed by atoms with Gasteiger partial charge in [0, 0.05) is 18.7 Å². The first kappa shape index (κ1) is 19.9. The van der Waals surface area contributed by atoms with Gasteiger partial charge in [0.15, 0.2) is 0 Å². The van der Waals surface area contributed by atoms with Crippen molar-refractivity contribution < 1.29 is 9.59 Å². The maximum atomic E-state index is 13.2. The van der Waals surface area contributed by atoms with Crippen molar-refractivity contribution in [2.24, 2.45) is 5.92 Å². The summed E-state index contributed by atoms with van der Waals surface area (Å²) in [7, 11) is 0. The molecule has 1 atom stereocenters. The average molecular weight is 399 g/mol. The molecule has 1 saturated heterocycles. The van der Waals surface area contributed by atoms with E-state index in [0.29, 0.717) is 6.54 Å². The first-order valence-electron chi connectivity index (χ1n) is 10.3. The van der Waals surface area contributed by atoms with Crippen LogP contribution in [0.2, 0.25) is 0 Å². The smallest absolute Gasteiger partial charge is 0.227 e. The van der Waals surface area contributed by atoms with E-state index < -0.39 is 0 Å². The third kappa shape index (κ3) is 4.13. The first-order chi connectivity index (χ1) is 14.5. The summed E-state index contributed by atoms with van der Waals surface area (Å²) in [5.41, 5.74) is 5.23. The van der Waals surface area contributed by atoms with Crippen molar-refractivity contribution >= 4 is 17.5 Å². The quantitative estimate of drug-likeness (QED) is 0.685. The molecular formula is C26H26N2O2. The molecule has 0 saturated carbocycles. The van der Waals surface area contributed by atoms with Gasteiger partial charge in [-0.05, 0) is 48.2 Å². The number of carbonyl (C=O) groups excluding carboxylic acids is 2. The van der Waals surface area contributed by atoms with Gasteiger partial charge < -0.3 is 10.2 Å². The predicted molar refractivity (Wildman–Crippen MR) is 119 cm³/mol. The standard InChI is InChI=1S/C26H26N2O2/c1-18-13-14-23(15-19(18)2)28-17-22(16-24(28)29)26(30)27-25(20-9-5-3-6-10-20)21-11-7-4-8-12-21/h3-15,22,25H,16-17H2,1-2H3,(H,27,30). The maximum Gasteiger partial charge on any atom is 0.227 e. The van der Waals surface area contributed by atoms with E-state index in [-0.39, 0.29) is 30.2 Å². The van der Waals surface area contributed by atoms with Gasteiger partial charge >= 0.3 is 0 Å². The van der Waals surface area contributed by atoms with Gasteiger partial charge in [0.25, 0.3) is 0 Å². The van der Waals surface area contributed by atoms with Gasteiger partial charge in [0.05, 0.1) is 12.0 Å². The Kier molecular flexibility index (Phi) is 5.66. The molecule has 1 N–H and O–H groups in total. The number of anilines is 1. The summed E-state index contributed by atoms with van der Waals surface area (Å²) in [5.74, 6) is -0.462. The van der Waals surface area contributed by atoms with Crippen LogP contribution in [0, 0.1) is 19.8 Å². The van der Waals surface area contributed by atoms with Crippen LogP contribution in [0.15, 0.2) is 78.9 Å². The molecule has 1 aliphatic rings. The molecule has 152 valence electrons. The first-order valence-corrected chi connectivity index (χ1v) is 10.3. The van der Waals surface area contributed by atoms with Crippen molar-refractivity contribution in [1.82, 2.24) is 5.32 Å². The zero-order valence-electron chi connectivity index (χ0n) is 17.3. The van der Waals surface area contributed by atoms with Crippen molar-refractivity contribution in [3.63, 3.8) is 0 Å². The lowest BCUT2D eigenvalue weighted by Crippen LogP contribution is -2.36. The molecule has 3 aromatic rings. The molecule has 1 aliphatic heterocycles. The summed E-state index contributed by atoms with van der Waals surface area (Å²) in [5, 5.41) is 3.19. The molecule has 2 amide bonds. The van der Waals surface area contributed by atoms with Crippen LogP contribution in [0.1, 0.15) is 34.7 Å². The second-order valence-electron chi connectivity index (χ2n) is 7.94. The van der Waals surface area contributed by atoms with Gasteiger partial charge in [0.2, 0.25) is 11.8 Å². The Bertz CT molecular complexity index is 1010. The lowest BCUT2D eigenvalue weighted by Gasteiger charge is -2.22. The number of amides is 2. The largest absolute Gasteiger partial charge is 0.345 e. The SMILES string of the molecule is Cc1ccc(N2CC(C(=O)NC(c3ccccc3)c3ccccc3)CC2=O)cc1C. The zero-order chi connectivity index (χ0) is 21.1. The number of carbonyl (C=O) groups is 2. The van der Waals surface area contributed by atoms with Crippen molar-refractivity contribution in [3.8, 4) is 0 Å². The zero-order valence-corrected chi connectivity index (χ0v) is 17.3. The van der Waals surface area contributed by atoms with E-state index >= 15 is 0 Å². The lowest BCUT2D eigenvalue weighted by atomic mass is 9.97. The number of aryl methyl sites for hydroxylation is 2. The van der Waals surface area contributed by atoms with Crippen LogP contribution in [0.3, 0.4) is 0 Å². The highest BCUT2D eigenvalue weighted by Crippen LogP contribution is 2.28. The van der Waals surface area contributed by atoms with Crippen LogP contribution >= 0.6 is 0 Å². The Morgan fingerprint density at radius 3 is 2.07 bits per heavy atom. The van der Waals surface area contributed by atoms with Gasteiger partial charge in [-0.1, -0.05) is 66.7 Å². The summed E-state index contributed by atoms with van der Waals surface area (Å²) >= 11 is 0. The summed E-state index contributed by atoms with van der Waals surface area (Å²) in [6, 6.07) is 25.6. The number of hydrogen-bond acceptors (Lipinski definition) is 2. The number of rotatable bonds is 5. The molecule has 3 aromatic carbocycles. The second kappa shape index (κ2) is 8.54. The highest BCUT2D eigenvalue weighted by atomic mass is 16.2. The molecule has 30 heavy (non-hydrogen) atoms. The molecule has 0 bridgehead atoms. The third-order valence-corrected chi connectivity index (χ3v) is 5.85. The minimum Gasteiger partial charge on any atom is -0.345 e. The number of nitrogens with one attached hydrogen (secondary N) is 1. The Morgan fingerprint density at radius 2 is 1.50 bits per heavy atom. The summed E-state index contributed by atoms with van der Waals surface area (Å²) in [6.45, 7) is 4.49. The molecule has 1 fully saturated rings. The summed E-state index contributed by atoms with van der Waals surface area (Å²) in [4.78, 5) is 27.5. The highest BCUT2D eigenvalue weighted by molar-refractivity contribution is 6.00. The van der Waals surface area contributed by atoms with E-state index in [4.69, 9.17) is 0 Å². The van der Waals surface area contributed by atoms with Crippen LogP contribution < -0.4 is 10.2 Å². The molecule has 4 nitrogen and oxygen atoms in total. The topological polar surface area (TPSA) is 49.4 Å². The fraction of sp³-hybridized carbons (Fsp3) is 0.231. The van der Waals surface area contributed by atoms with Crippen molar-refractivity contribution in [3.05, 3.63) is 101 Å². The predicted octanol–water partition coefficient (Wildman–Crippen LogP) is 4.56. The van der Waals surface area contributed by atoms with E-state index in [1.807, 2.05) is 85.8 Å². The van der Waals surface area contributed by atoms with Crippen LogP contribution in [-0.4, -0.2) is 18.4 Å². The van der Waals surface area contributed by atoms with Gasteiger partial charge in [-0.3, -0.25) is 9.59 Å².